The fraction of sp³-hybridized carbons (Fsp3) is 0.200. The van der Waals surface area contributed by atoms with Crippen molar-refractivity contribution in [3.63, 3.8) is 0 Å². The molecule has 1 atom stereocenters. The van der Waals surface area contributed by atoms with Crippen LogP contribution in [0.4, 0.5) is 4.39 Å². The first kappa shape index (κ1) is 14.5. The quantitative estimate of drug-likeness (QED) is 0.857. The van der Waals surface area contributed by atoms with E-state index in [1.807, 2.05) is 24.3 Å². The van der Waals surface area contributed by atoms with Crippen LogP contribution in [0.3, 0.4) is 0 Å². The second kappa shape index (κ2) is 5.61. The van der Waals surface area contributed by atoms with Crippen LogP contribution >= 0.6 is 27.5 Å². The van der Waals surface area contributed by atoms with Gasteiger partial charge in [-0.05, 0) is 30.2 Å². The molecule has 2 aromatic rings. The summed E-state index contributed by atoms with van der Waals surface area (Å²) in [6.45, 7) is 1.66. The number of benzene rings is 2. The second-order valence-electron chi connectivity index (χ2n) is 4.64. The van der Waals surface area contributed by atoms with E-state index in [0.29, 0.717) is 5.56 Å². The molecule has 0 aromatic heterocycles. The minimum absolute atomic E-state index is 0.0698. The van der Waals surface area contributed by atoms with Crippen molar-refractivity contribution in [1.82, 2.24) is 0 Å². The van der Waals surface area contributed by atoms with E-state index in [1.165, 1.54) is 6.07 Å². The highest BCUT2D eigenvalue weighted by atomic mass is 79.9. The minimum atomic E-state index is -1.17. The maximum Gasteiger partial charge on any atom is 0.145 e. The van der Waals surface area contributed by atoms with Gasteiger partial charge in [-0.2, -0.15) is 0 Å². The van der Waals surface area contributed by atoms with Crippen LogP contribution in [0, 0.1) is 5.82 Å². The number of hydrogen-bond acceptors (Lipinski definition) is 1. The topological polar surface area (TPSA) is 20.2 Å². The highest BCUT2D eigenvalue weighted by molar-refractivity contribution is 9.10. The number of halogens is 3. The number of rotatable bonds is 3. The third-order valence-electron chi connectivity index (χ3n) is 3.02. The van der Waals surface area contributed by atoms with Crippen LogP contribution in [0.5, 0.6) is 0 Å². The molecular weight excluding hydrogens is 331 g/mol. The standard InChI is InChI=1S/C15H13BrClFO/c1-15(19,11-6-2-3-7-12(11)16)9-10-5-4-8-13(17)14(10)18/h2-8,19H,9H2,1H3. The van der Waals surface area contributed by atoms with Gasteiger partial charge in [-0.3, -0.25) is 0 Å². The van der Waals surface area contributed by atoms with E-state index in [2.05, 4.69) is 15.9 Å². The summed E-state index contributed by atoms with van der Waals surface area (Å²) in [4.78, 5) is 0. The lowest BCUT2D eigenvalue weighted by atomic mass is 9.89. The molecule has 0 bridgehead atoms. The van der Waals surface area contributed by atoms with Gasteiger partial charge in [0.2, 0.25) is 0 Å². The summed E-state index contributed by atoms with van der Waals surface area (Å²) in [6, 6.07) is 12.2. The Kier molecular flexibility index (Phi) is 4.29. The fourth-order valence-corrected chi connectivity index (χ4v) is 2.96. The van der Waals surface area contributed by atoms with E-state index in [0.717, 1.165) is 10.0 Å². The molecule has 0 fully saturated rings. The van der Waals surface area contributed by atoms with Crippen molar-refractivity contribution < 1.29 is 9.50 Å². The molecular formula is C15H13BrClFO. The molecule has 1 unspecified atom stereocenters. The third kappa shape index (κ3) is 3.16. The highest BCUT2D eigenvalue weighted by Crippen LogP contribution is 2.32. The summed E-state index contributed by atoms with van der Waals surface area (Å²) >= 11 is 9.15. The Hall–Kier alpha value is -0.900. The maximum absolute atomic E-state index is 13.9. The first-order valence-corrected chi connectivity index (χ1v) is 6.99. The molecule has 0 aliphatic rings. The number of hydrogen-bond donors (Lipinski definition) is 1. The molecule has 0 aliphatic carbocycles. The molecule has 0 spiro atoms. The van der Waals surface area contributed by atoms with Gasteiger partial charge < -0.3 is 5.11 Å². The Morgan fingerprint density at radius 1 is 1.21 bits per heavy atom. The molecule has 4 heteroatoms. The molecule has 0 radical (unpaired) electrons. The van der Waals surface area contributed by atoms with Crippen LogP contribution in [0.25, 0.3) is 0 Å². The Bertz CT molecular complexity index is 598. The van der Waals surface area contributed by atoms with E-state index in [4.69, 9.17) is 11.6 Å². The fourth-order valence-electron chi connectivity index (χ4n) is 2.05. The lowest BCUT2D eigenvalue weighted by Crippen LogP contribution is -2.25. The van der Waals surface area contributed by atoms with Gasteiger partial charge in [-0.15, -0.1) is 0 Å². The van der Waals surface area contributed by atoms with E-state index in [9.17, 15) is 9.50 Å². The van der Waals surface area contributed by atoms with Crippen molar-refractivity contribution in [3.8, 4) is 0 Å². The Balaban J connectivity index is 2.36. The van der Waals surface area contributed by atoms with Gasteiger partial charge in [0.25, 0.3) is 0 Å². The Morgan fingerprint density at radius 3 is 2.58 bits per heavy atom. The predicted molar refractivity (Wildman–Crippen MR) is 78.8 cm³/mol. The van der Waals surface area contributed by atoms with Crippen LogP contribution in [-0.2, 0) is 12.0 Å². The Labute approximate surface area is 125 Å². The maximum atomic E-state index is 13.9. The molecule has 2 rings (SSSR count). The van der Waals surface area contributed by atoms with Crippen LogP contribution in [-0.4, -0.2) is 5.11 Å². The predicted octanol–water partition coefficient (Wildman–Crippen LogP) is 4.69. The zero-order chi connectivity index (χ0) is 14.0. The smallest absolute Gasteiger partial charge is 0.145 e. The summed E-state index contributed by atoms with van der Waals surface area (Å²) in [7, 11) is 0. The minimum Gasteiger partial charge on any atom is -0.385 e. The summed E-state index contributed by atoms with van der Waals surface area (Å²) in [5.41, 5.74) is -0.0614. The average molecular weight is 344 g/mol. The van der Waals surface area contributed by atoms with E-state index in [-0.39, 0.29) is 11.4 Å². The van der Waals surface area contributed by atoms with Gasteiger partial charge >= 0.3 is 0 Å². The van der Waals surface area contributed by atoms with Crippen molar-refractivity contribution in [2.45, 2.75) is 18.9 Å². The summed E-state index contributed by atoms with van der Waals surface area (Å²) in [5, 5.41) is 10.7. The highest BCUT2D eigenvalue weighted by Gasteiger charge is 2.27. The van der Waals surface area contributed by atoms with Crippen molar-refractivity contribution in [3.05, 3.63) is 68.9 Å². The lowest BCUT2D eigenvalue weighted by Gasteiger charge is -2.25. The third-order valence-corrected chi connectivity index (χ3v) is 4.00. The second-order valence-corrected chi connectivity index (χ2v) is 5.90. The Morgan fingerprint density at radius 2 is 1.89 bits per heavy atom. The first-order valence-electron chi connectivity index (χ1n) is 5.82. The molecule has 1 nitrogen and oxygen atoms in total. The van der Waals surface area contributed by atoms with Gasteiger partial charge in [0, 0.05) is 10.9 Å². The first-order chi connectivity index (χ1) is 8.92. The SMILES string of the molecule is CC(O)(Cc1cccc(Cl)c1F)c1ccccc1Br. The molecule has 1 N–H and O–H groups in total. The molecule has 0 saturated heterocycles. The monoisotopic (exact) mass is 342 g/mol. The van der Waals surface area contributed by atoms with Gasteiger partial charge in [0.1, 0.15) is 5.82 Å². The molecule has 0 heterocycles. The van der Waals surface area contributed by atoms with Gasteiger partial charge in [0.05, 0.1) is 10.6 Å². The summed E-state index contributed by atoms with van der Waals surface area (Å²) in [5.74, 6) is -0.475. The molecule has 100 valence electrons. The van der Waals surface area contributed by atoms with Crippen molar-refractivity contribution in [2.24, 2.45) is 0 Å². The summed E-state index contributed by atoms with van der Waals surface area (Å²) in [6.07, 6.45) is 0.155. The van der Waals surface area contributed by atoms with Crippen LogP contribution in [0.15, 0.2) is 46.9 Å². The molecule has 0 saturated carbocycles. The van der Waals surface area contributed by atoms with Gasteiger partial charge in [0.15, 0.2) is 0 Å². The van der Waals surface area contributed by atoms with Crippen LogP contribution < -0.4 is 0 Å². The lowest BCUT2D eigenvalue weighted by molar-refractivity contribution is 0.0559. The van der Waals surface area contributed by atoms with Gasteiger partial charge in [-0.1, -0.05) is 57.9 Å². The molecule has 0 aliphatic heterocycles. The van der Waals surface area contributed by atoms with Crippen molar-refractivity contribution >= 4 is 27.5 Å². The zero-order valence-corrected chi connectivity index (χ0v) is 12.7. The van der Waals surface area contributed by atoms with Gasteiger partial charge in [-0.25, -0.2) is 4.39 Å². The van der Waals surface area contributed by atoms with Crippen LogP contribution in [0.1, 0.15) is 18.1 Å². The van der Waals surface area contributed by atoms with Crippen molar-refractivity contribution in [1.29, 1.82) is 0 Å². The normalized spacial score (nSPS) is 14.2. The molecule has 0 amide bonds. The van der Waals surface area contributed by atoms with E-state index < -0.39 is 11.4 Å². The number of aliphatic hydroxyl groups is 1. The molecule has 19 heavy (non-hydrogen) atoms. The van der Waals surface area contributed by atoms with E-state index in [1.54, 1.807) is 19.1 Å². The van der Waals surface area contributed by atoms with E-state index >= 15 is 0 Å². The van der Waals surface area contributed by atoms with Crippen molar-refractivity contribution in [2.75, 3.05) is 0 Å². The average Bonchev–Trinajstić information content (AvgIpc) is 2.35. The largest absolute Gasteiger partial charge is 0.385 e. The molecule has 2 aromatic carbocycles. The zero-order valence-electron chi connectivity index (χ0n) is 10.3. The van der Waals surface area contributed by atoms with Crippen LogP contribution in [0.2, 0.25) is 5.02 Å². The summed E-state index contributed by atoms with van der Waals surface area (Å²) < 4.78 is 14.7.